The van der Waals surface area contributed by atoms with Gasteiger partial charge in [0.15, 0.2) is 0 Å². The van der Waals surface area contributed by atoms with Gasteiger partial charge < -0.3 is 10.1 Å². The fourth-order valence-electron chi connectivity index (χ4n) is 2.66. The molecule has 1 aliphatic carbocycles. The molecule has 1 aromatic rings. The molecule has 0 amide bonds. The maximum atomic E-state index is 5.78. The summed E-state index contributed by atoms with van der Waals surface area (Å²) in [7, 11) is 0. The Bertz CT molecular complexity index is 369. The highest BCUT2D eigenvalue weighted by Crippen LogP contribution is 2.24. The van der Waals surface area contributed by atoms with Crippen LogP contribution in [0.4, 0.5) is 0 Å². The number of hydrogen-bond acceptors (Lipinski definition) is 3. The summed E-state index contributed by atoms with van der Waals surface area (Å²) in [5, 5.41) is 3.43. The van der Waals surface area contributed by atoms with Gasteiger partial charge in [-0.25, -0.2) is 0 Å². The fourth-order valence-corrected chi connectivity index (χ4v) is 2.66. The topological polar surface area (TPSA) is 34.1 Å². The van der Waals surface area contributed by atoms with Crippen LogP contribution in [0.25, 0.3) is 0 Å². The summed E-state index contributed by atoms with van der Waals surface area (Å²) in [5.74, 6) is 1.47. The molecule has 0 unspecified atom stereocenters. The molecule has 0 atom stereocenters. The summed E-state index contributed by atoms with van der Waals surface area (Å²) in [6.45, 7) is 7.93. The molecule has 0 bridgehead atoms. The number of rotatable bonds is 8. The molecule has 1 heterocycles. The van der Waals surface area contributed by atoms with Crippen molar-refractivity contribution in [2.24, 2.45) is 11.8 Å². The van der Waals surface area contributed by atoms with Crippen LogP contribution in [-0.4, -0.2) is 18.1 Å². The van der Waals surface area contributed by atoms with Crippen molar-refractivity contribution in [3.8, 4) is 0 Å². The molecule has 1 aliphatic rings. The first-order valence-electron chi connectivity index (χ1n) is 7.96. The summed E-state index contributed by atoms with van der Waals surface area (Å²) in [4.78, 5) is 4.48. The number of hydrogen-bond donors (Lipinski definition) is 1. The summed E-state index contributed by atoms with van der Waals surface area (Å²) < 4.78 is 5.78. The molecule has 3 heteroatoms. The molecule has 0 saturated heterocycles. The van der Waals surface area contributed by atoms with Gasteiger partial charge >= 0.3 is 0 Å². The Kier molecular flexibility index (Phi) is 6.48. The maximum Gasteiger partial charge on any atom is 0.0887 e. The lowest BCUT2D eigenvalue weighted by Crippen LogP contribution is -2.19. The average Bonchev–Trinajstić information content (AvgIpc) is 2.93. The van der Waals surface area contributed by atoms with E-state index in [1.54, 1.807) is 0 Å². The molecule has 0 aromatic carbocycles. The Morgan fingerprint density at radius 2 is 2.10 bits per heavy atom. The minimum Gasteiger partial charge on any atom is -0.375 e. The lowest BCUT2D eigenvalue weighted by Gasteiger charge is -2.10. The lowest BCUT2D eigenvalue weighted by atomic mass is 10.1. The predicted octanol–water partition coefficient (Wildman–Crippen LogP) is 3.53. The SMILES string of the molecule is CC(C)CNCc1ccc(COCC2CCCC2)nc1. The van der Waals surface area contributed by atoms with E-state index in [0.717, 1.165) is 31.3 Å². The second kappa shape index (κ2) is 8.38. The zero-order chi connectivity index (χ0) is 14.2. The van der Waals surface area contributed by atoms with Gasteiger partial charge in [0.05, 0.1) is 12.3 Å². The van der Waals surface area contributed by atoms with Crippen molar-refractivity contribution in [1.29, 1.82) is 0 Å². The van der Waals surface area contributed by atoms with Gasteiger partial charge in [-0.05, 0) is 42.9 Å². The standard InChI is InChI=1S/C17H28N2O/c1-14(2)9-18-10-16-7-8-17(19-11-16)13-20-12-15-5-3-4-6-15/h7-8,11,14-15,18H,3-6,9-10,12-13H2,1-2H3. The van der Waals surface area contributed by atoms with Crippen LogP contribution in [0.5, 0.6) is 0 Å². The van der Waals surface area contributed by atoms with Gasteiger partial charge in [0, 0.05) is 19.3 Å². The van der Waals surface area contributed by atoms with E-state index in [0.29, 0.717) is 12.5 Å². The molecule has 1 saturated carbocycles. The molecular weight excluding hydrogens is 248 g/mol. The van der Waals surface area contributed by atoms with Crippen LogP contribution >= 0.6 is 0 Å². The van der Waals surface area contributed by atoms with E-state index in [-0.39, 0.29) is 0 Å². The van der Waals surface area contributed by atoms with Crippen LogP contribution in [0, 0.1) is 11.8 Å². The molecule has 0 aliphatic heterocycles. The van der Waals surface area contributed by atoms with Gasteiger partial charge in [0.2, 0.25) is 0 Å². The molecule has 1 N–H and O–H groups in total. The van der Waals surface area contributed by atoms with Crippen molar-refractivity contribution in [2.45, 2.75) is 52.7 Å². The van der Waals surface area contributed by atoms with Crippen molar-refractivity contribution < 1.29 is 4.74 Å². The van der Waals surface area contributed by atoms with Crippen LogP contribution in [0.2, 0.25) is 0 Å². The fraction of sp³-hybridized carbons (Fsp3) is 0.706. The Hall–Kier alpha value is -0.930. The van der Waals surface area contributed by atoms with Crippen LogP contribution in [0.1, 0.15) is 50.8 Å². The molecule has 0 radical (unpaired) electrons. The number of nitrogens with one attached hydrogen (secondary N) is 1. The van der Waals surface area contributed by atoms with Crippen LogP contribution in [-0.2, 0) is 17.9 Å². The van der Waals surface area contributed by atoms with E-state index < -0.39 is 0 Å². The van der Waals surface area contributed by atoms with Gasteiger partial charge in [-0.3, -0.25) is 4.98 Å². The largest absolute Gasteiger partial charge is 0.375 e. The van der Waals surface area contributed by atoms with Gasteiger partial charge in [-0.1, -0.05) is 32.8 Å². The summed E-state index contributed by atoms with van der Waals surface area (Å²) in [6.07, 6.45) is 7.40. The zero-order valence-corrected chi connectivity index (χ0v) is 12.9. The quantitative estimate of drug-likeness (QED) is 0.788. The molecule has 2 rings (SSSR count). The molecule has 20 heavy (non-hydrogen) atoms. The number of nitrogens with zero attached hydrogens (tertiary/aromatic N) is 1. The van der Waals surface area contributed by atoms with E-state index in [9.17, 15) is 0 Å². The summed E-state index contributed by atoms with van der Waals surface area (Å²) in [6, 6.07) is 4.23. The highest BCUT2D eigenvalue weighted by atomic mass is 16.5. The third-order valence-electron chi connectivity index (χ3n) is 3.85. The summed E-state index contributed by atoms with van der Waals surface area (Å²) >= 11 is 0. The second-order valence-corrected chi connectivity index (χ2v) is 6.35. The van der Waals surface area contributed by atoms with E-state index in [2.05, 4.69) is 36.3 Å². The monoisotopic (exact) mass is 276 g/mol. The highest BCUT2D eigenvalue weighted by Gasteiger charge is 2.14. The minimum atomic E-state index is 0.649. The average molecular weight is 276 g/mol. The van der Waals surface area contributed by atoms with Crippen molar-refractivity contribution >= 4 is 0 Å². The lowest BCUT2D eigenvalue weighted by molar-refractivity contribution is 0.0867. The van der Waals surface area contributed by atoms with Crippen molar-refractivity contribution in [1.82, 2.24) is 10.3 Å². The molecule has 0 spiro atoms. The van der Waals surface area contributed by atoms with E-state index in [1.165, 1.54) is 31.2 Å². The number of ether oxygens (including phenoxy) is 1. The minimum absolute atomic E-state index is 0.649. The first-order valence-corrected chi connectivity index (χ1v) is 7.96. The molecule has 1 aromatic heterocycles. The van der Waals surface area contributed by atoms with Crippen molar-refractivity contribution in [3.63, 3.8) is 0 Å². The second-order valence-electron chi connectivity index (χ2n) is 6.35. The smallest absolute Gasteiger partial charge is 0.0887 e. The Balaban J connectivity index is 1.65. The van der Waals surface area contributed by atoms with Crippen LogP contribution in [0.3, 0.4) is 0 Å². The first-order chi connectivity index (χ1) is 9.74. The van der Waals surface area contributed by atoms with Gasteiger partial charge in [-0.15, -0.1) is 0 Å². The third kappa shape index (κ3) is 5.59. The normalized spacial score (nSPS) is 16.1. The summed E-state index contributed by atoms with van der Waals surface area (Å²) in [5.41, 5.74) is 2.28. The van der Waals surface area contributed by atoms with Crippen molar-refractivity contribution in [2.75, 3.05) is 13.2 Å². The maximum absolute atomic E-state index is 5.78. The Morgan fingerprint density at radius 3 is 2.75 bits per heavy atom. The van der Waals surface area contributed by atoms with Crippen molar-refractivity contribution in [3.05, 3.63) is 29.6 Å². The first kappa shape index (κ1) is 15.5. The molecule has 3 nitrogen and oxygen atoms in total. The molecular formula is C17H28N2O. The Morgan fingerprint density at radius 1 is 1.30 bits per heavy atom. The number of pyridine rings is 1. The van der Waals surface area contributed by atoms with E-state index >= 15 is 0 Å². The number of aromatic nitrogens is 1. The van der Waals surface area contributed by atoms with Gasteiger partial charge in [0.25, 0.3) is 0 Å². The Labute approximate surface area is 123 Å². The van der Waals surface area contributed by atoms with E-state index in [1.807, 2.05) is 6.20 Å². The van der Waals surface area contributed by atoms with E-state index in [4.69, 9.17) is 4.74 Å². The molecule has 112 valence electrons. The van der Waals surface area contributed by atoms with Gasteiger partial charge in [0.1, 0.15) is 0 Å². The highest BCUT2D eigenvalue weighted by molar-refractivity contribution is 5.13. The van der Waals surface area contributed by atoms with Crippen LogP contribution in [0.15, 0.2) is 18.3 Å². The predicted molar refractivity (Wildman–Crippen MR) is 82.4 cm³/mol. The molecule has 1 fully saturated rings. The third-order valence-corrected chi connectivity index (χ3v) is 3.85. The van der Waals surface area contributed by atoms with Gasteiger partial charge in [-0.2, -0.15) is 0 Å². The van der Waals surface area contributed by atoms with Crippen LogP contribution < -0.4 is 5.32 Å². The zero-order valence-electron chi connectivity index (χ0n) is 12.9.